The van der Waals surface area contributed by atoms with E-state index >= 15 is 0 Å². The van der Waals surface area contributed by atoms with Gasteiger partial charge in [-0.3, -0.25) is 0 Å². The normalized spacial score (nSPS) is 12.6. The third-order valence-electron chi connectivity index (χ3n) is 3.15. The van der Waals surface area contributed by atoms with Crippen LogP contribution in [0.25, 0.3) is 0 Å². The van der Waals surface area contributed by atoms with Crippen molar-refractivity contribution in [3.8, 4) is 0 Å². The van der Waals surface area contributed by atoms with E-state index < -0.39 is 0 Å². The minimum atomic E-state index is 0.349. The summed E-state index contributed by atoms with van der Waals surface area (Å²) in [4.78, 5) is 0. The molecule has 1 atom stereocenters. The van der Waals surface area contributed by atoms with Crippen molar-refractivity contribution in [2.45, 2.75) is 83.6 Å². The molecular weight excluding hydrogens is 194 g/mol. The second-order valence-corrected chi connectivity index (χ2v) is 4.90. The number of rotatable bonds is 12. The molecule has 0 saturated carbocycles. The van der Waals surface area contributed by atoms with Crippen LogP contribution in [-0.2, 0) is 0 Å². The van der Waals surface area contributed by atoms with Gasteiger partial charge in [0.05, 0.1) is 0 Å². The molecule has 1 heteroatoms. The third kappa shape index (κ3) is 11.8. The molecule has 0 radical (unpaired) electrons. The summed E-state index contributed by atoms with van der Waals surface area (Å²) in [6, 6.07) is 0.349. The lowest BCUT2D eigenvalue weighted by Crippen LogP contribution is -2.18. The Balaban J connectivity index is 3.00. The summed E-state index contributed by atoms with van der Waals surface area (Å²) >= 11 is 0. The predicted molar refractivity (Wildman–Crippen MR) is 74.6 cm³/mol. The summed E-state index contributed by atoms with van der Waals surface area (Å²) < 4.78 is 0. The molecule has 0 aliphatic heterocycles. The fourth-order valence-corrected chi connectivity index (χ4v) is 2.05. The fraction of sp³-hybridized carbons (Fsp3) is 0.867. The third-order valence-corrected chi connectivity index (χ3v) is 3.15. The molecule has 0 saturated heterocycles. The molecule has 0 aliphatic carbocycles. The number of unbranched alkanes of at least 4 members (excludes halogenated alkanes) is 8. The maximum absolute atomic E-state index is 5.91. The molecular formula is C15H31N. The first-order valence-corrected chi connectivity index (χ1v) is 7.17. The van der Waals surface area contributed by atoms with Crippen LogP contribution < -0.4 is 5.73 Å². The molecule has 0 spiro atoms. The molecule has 1 nitrogen and oxygen atoms in total. The van der Waals surface area contributed by atoms with Crippen LogP contribution in [0.4, 0.5) is 0 Å². The van der Waals surface area contributed by atoms with Gasteiger partial charge in [-0.2, -0.15) is 0 Å². The fourth-order valence-electron chi connectivity index (χ4n) is 2.05. The highest BCUT2D eigenvalue weighted by Crippen LogP contribution is 2.11. The largest absolute Gasteiger partial charge is 0.327 e. The minimum Gasteiger partial charge on any atom is -0.327 e. The highest BCUT2D eigenvalue weighted by atomic mass is 14.6. The zero-order valence-corrected chi connectivity index (χ0v) is 11.2. The van der Waals surface area contributed by atoms with E-state index in [-0.39, 0.29) is 0 Å². The van der Waals surface area contributed by atoms with Crippen LogP contribution in [0.3, 0.4) is 0 Å². The predicted octanol–water partition coefficient (Wildman–Crippen LogP) is 4.81. The lowest BCUT2D eigenvalue weighted by atomic mass is 10.0. The molecule has 0 fully saturated rings. The minimum absolute atomic E-state index is 0.349. The van der Waals surface area contributed by atoms with Crippen LogP contribution in [0.15, 0.2) is 12.7 Å². The van der Waals surface area contributed by atoms with Crippen molar-refractivity contribution < 1.29 is 0 Å². The van der Waals surface area contributed by atoms with Gasteiger partial charge in [0, 0.05) is 6.04 Å². The summed E-state index contributed by atoms with van der Waals surface area (Å²) in [7, 11) is 0. The zero-order valence-electron chi connectivity index (χ0n) is 11.2. The topological polar surface area (TPSA) is 26.0 Å². The molecule has 0 rings (SSSR count). The Bertz CT molecular complexity index is 142. The van der Waals surface area contributed by atoms with Crippen LogP contribution in [0.2, 0.25) is 0 Å². The first-order valence-electron chi connectivity index (χ1n) is 7.17. The molecule has 96 valence electrons. The first kappa shape index (κ1) is 15.7. The van der Waals surface area contributed by atoms with Crippen LogP contribution in [0, 0.1) is 0 Å². The second-order valence-electron chi connectivity index (χ2n) is 4.90. The molecule has 0 aliphatic rings. The first-order chi connectivity index (χ1) is 7.81. The number of hydrogen-bond donors (Lipinski definition) is 1. The molecule has 0 aromatic carbocycles. The van der Waals surface area contributed by atoms with Gasteiger partial charge in [0.25, 0.3) is 0 Å². The van der Waals surface area contributed by atoms with Crippen molar-refractivity contribution in [3.63, 3.8) is 0 Å². The van der Waals surface area contributed by atoms with E-state index in [0.717, 1.165) is 6.42 Å². The van der Waals surface area contributed by atoms with Crippen molar-refractivity contribution >= 4 is 0 Å². The van der Waals surface area contributed by atoms with Crippen molar-refractivity contribution in [2.75, 3.05) is 0 Å². The quantitative estimate of drug-likeness (QED) is 0.374. The van der Waals surface area contributed by atoms with Gasteiger partial charge >= 0.3 is 0 Å². The standard InChI is InChI=1S/C15H31N/c1-3-5-6-7-8-9-10-11-12-14-15(16)13-4-2/h4,15H,2-3,5-14,16H2,1H3. The van der Waals surface area contributed by atoms with Crippen molar-refractivity contribution in [2.24, 2.45) is 5.73 Å². The SMILES string of the molecule is C=CCC(N)CCCCCCCCCCC. The maximum atomic E-state index is 5.91. The molecule has 16 heavy (non-hydrogen) atoms. The van der Waals surface area contributed by atoms with E-state index in [1.165, 1.54) is 64.2 Å². The summed E-state index contributed by atoms with van der Waals surface area (Å²) in [5, 5.41) is 0. The van der Waals surface area contributed by atoms with Crippen LogP contribution in [0.5, 0.6) is 0 Å². The summed E-state index contributed by atoms with van der Waals surface area (Å²) in [6.07, 6.45) is 16.6. The van der Waals surface area contributed by atoms with E-state index in [4.69, 9.17) is 5.73 Å². The molecule has 1 unspecified atom stereocenters. The van der Waals surface area contributed by atoms with Crippen molar-refractivity contribution in [1.82, 2.24) is 0 Å². The van der Waals surface area contributed by atoms with Crippen LogP contribution in [-0.4, -0.2) is 6.04 Å². The lowest BCUT2D eigenvalue weighted by molar-refractivity contribution is 0.525. The van der Waals surface area contributed by atoms with E-state index in [2.05, 4.69) is 13.5 Å². The zero-order chi connectivity index (χ0) is 12.1. The smallest absolute Gasteiger partial charge is 0.00733 e. The van der Waals surface area contributed by atoms with Gasteiger partial charge in [0.1, 0.15) is 0 Å². The highest BCUT2D eigenvalue weighted by Gasteiger charge is 1.99. The molecule has 2 N–H and O–H groups in total. The van der Waals surface area contributed by atoms with Gasteiger partial charge < -0.3 is 5.73 Å². The summed E-state index contributed by atoms with van der Waals surface area (Å²) in [5.41, 5.74) is 5.91. The van der Waals surface area contributed by atoms with Gasteiger partial charge in [-0.1, -0.05) is 70.8 Å². The van der Waals surface area contributed by atoms with Crippen molar-refractivity contribution in [3.05, 3.63) is 12.7 Å². The average molecular weight is 225 g/mol. The molecule has 0 aromatic heterocycles. The number of nitrogens with two attached hydrogens (primary N) is 1. The molecule has 0 heterocycles. The Hall–Kier alpha value is -0.300. The number of hydrogen-bond acceptors (Lipinski definition) is 1. The summed E-state index contributed by atoms with van der Waals surface area (Å²) in [5.74, 6) is 0. The highest BCUT2D eigenvalue weighted by molar-refractivity contribution is 4.74. The van der Waals surface area contributed by atoms with Gasteiger partial charge in [-0.15, -0.1) is 6.58 Å². The van der Waals surface area contributed by atoms with E-state index in [1.54, 1.807) is 0 Å². The van der Waals surface area contributed by atoms with Crippen LogP contribution >= 0.6 is 0 Å². The van der Waals surface area contributed by atoms with Gasteiger partial charge in [0.15, 0.2) is 0 Å². The Morgan fingerprint density at radius 1 is 0.938 bits per heavy atom. The Kier molecular flexibility index (Phi) is 12.5. The van der Waals surface area contributed by atoms with E-state index in [1.807, 2.05) is 6.08 Å². The Labute approximate surface area is 102 Å². The maximum Gasteiger partial charge on any atom is 0.00733 e. The second kappa shape index (κ2) is 12.8. The van der Waals surface area contributed by atoms with Crippen LogP contribution in [0.1, 0.15) is 77.6 Å². The molecule has 0 bridgehead atoms. The summed E-state index contributed by atoms with van der Waals surface area (Å²) in [6.45, 7) is 5.98. The average Bonchev–Trinajstić information content (AvgIpc) is 2.27. The van der Waals surface area contributed by atoms with Crippen molar-refractivity contribution in [1.29, 1.82) is 0 Å². The van der Waals surface area contributed by atoms with Gasteiger partial charge in [-0.25, -0.2) is 0 Å². The van der Waals surface area contributed by atoms with E-state index in [9.17, 15) is 0 Å². The van der Waals surface area contributed by atoms with Gasteiger partial charge in [-0.05, 0) is 12.8 Å². The van der Waals surface area contributed by atoms with E-state index in [0.29, 0.717) is 6.04 Å². The monoisotopic (exact) mass is 225 g/mol. The van der Waals surface area contributed by atoms with Gasteiger partial charge in [0.2, 0.25) is 0 Å². The Morgan fingerprint density at radius 2 is 1.44 bits per heavy atom. The lowest BCUT2D eigenvalue weighted by Gasteiger charge is -2.08. The molecule has 0 aromatic rings. The Morgan fingerprint density at radius 3 is 1.94 bits per heavy atom. The molecule has 0 amide bonds.